The number of hydrogen-bond acceptors (Lipinski definition) is 1. The van der Waals surface area contributed by atoms with E-state index in [4.69, 9.17) is 5.10 Å². The highest BCUT2D eigenvalue weighted by molar-refractivity contribution is 5.22. The molecule has 1 rings (SSSR count). The number of aryl methyl sites for hydroxylation is 1. The number of nitrogens with zero attached hydrogens (tertiary/aromatic N) is 2. The molecule has 1 aromatic heterocycles. The van der Waals surface area contributed by atoms with Crippen LogP contribution < -0.4 is 0 Å². The molecule has 0 aromatic carbocycles. The van der Waals surface area contributed by atoms with Gasteiger partial charge in [-0.1, -0.05) is 54.9 Å². The summed E-state index contributed by atoms with van der Waals surface area (Å²) >= 11 is 0. The minimum Gasteiger partial charge on any atom is -0.269 e. The zero-order chi connectivity index (χ0) is 13.3. The average Bonchev–Trinajstić information content (AvgIpc) is 2.56. The van der Waals surface area contributed by atoms with Gasteiger partial charge in [-0.2, -0.15) is 5.10 Å². The molecule has 98 valence electrons. The van der Waals surface area contributed by atoms with Gasteiger partial charge in [-0.25, -0.2) is 0 Å². The van der Waals surface area contributed by atoms with Gasteiger partial charge in [0.2, 0.25) is 0 Å². The lowest BCUT2D eigenvalue weighted by atomic mass is 9.88. The van der Waals surface area contributed by atoms with Crippen LogP contribution in [0.3, 0.4) is 0 Å². The predicted molar refractivity (Wildman–Crippen MR) is 74.5 cm³/mol. The molecule has 0 saturated carbocycles. The molecule has 17 heavy (non-hydrogen) atoms. The SMILES string of the molecule is CCCCn1nc(C(C)(C)C)cc1C(C)(C)C. The van der Waals surface area contributed by atoms with Crippen LogP contribution >= 0.6 is 0 Å². The molecule has 0 atom stereocenters. The number of rotatable bonds is 3. The van der Waals surface area contributed by atoms with E-state index < -0.39 is 0 Å². The Balaban J connectivity index is 3.13. The van der Waals surface area contributed by atoms with Crippen molar-refractivity contribution in [2.75, 3.05) is 0 Å². The molecule has 1 heterocycles. The molecular weight excluding hydrogens is 208 g/mol. The van der Waals surface area contributed by atoms with Crippen LogP contribution in [-0.2, 0) is 17.4 Å². The van der Waals surface area contributed by atoms with E-state index in [1.165, 1.54) is 24.2 Å². The van der Waals surface area contributed by atoms with Gasteiger partial charge >= 0.3 is 0 Å². The Morgan fingerprint density at radius 3 is 2.06 bits per heavy atom. The van der Waals surface area contributed by atoms with Crippen molar-refractivity contribution in [3.8, 4) is 0 Å². The molecule has 0 aliphatic rings. The maximum Gasteiger partial charge on any atom is 0.0681 e. The van der Waals surface area contributed by atoms with E-state index in [1.807, 2.05) is 0 Å². The normalized spacial score (nSPS) is 13.1. The molecule has 0 radical (unpaired) electrons. The van der Waals surface area contributed by atoms with Crippen molar-refractivity contribution in [3.05, 3.63) is 17.5 Å². The van der Waals surface area contributed by atoms with Crippen molar-refractivity contribution in [3.63, 3.8) is 0 Å². The fourth-order valence-corrected chi connectivity index (χ4v) is 1.87. The van der Waals surface area contributed by atoms with E-state index in [0.29, 0.717) is 0 Å². The highest BCUT2D eigenvalue weighted by atomic mass is 15.3. The van der Waals surface area contributed by atoms with Crippen molar-refractivity contribution < 1.29 is 0 Å². The number of aromatic nitrogens is 2. The van der Waals surface area contributed by atoms with Crippen LogP contribution in [0.1, 0.15) is 72.7 Å². The molecule has 0 saturated heterocycles. The van der Waals surface area contributed by atoms with E-state index in [0.717, 1.165) is 6.54 Å². The first-order chi connectivity index (χ1) is 7.66. The van der Waals surface area contributed by atoms with Gasteiger partial charge in [-0.3, -0.25) is 4.68 Å². The smallest absolute Gasteiger partial charge is 0.0681 e. The minimum atomic E-state index is 0.136. The molecule has 0 aliphatic heterocycles. The Kier molecular flexibility index (Phi) is 4.06. The van der Waals surface area contributed by atoms with Gasteiger partial charge in [-0.05, 0) is 12.5 Å². The highest BCUT2D eigenvalue weighted by Gasteiger charge is 2.25. The van der Waals surface area contributed by atoms with Gasteiger partial charge in [0.1, 0.15) is 0 Å². The molecule has 0 bridgehead atoms. The molecule has 0 unspecified atom stereocenters. The summed E-state index contributed by atoms with van der Waals surface area (Å²) in [6, 6.07) is 2.29. The summed E-state index contributed by atoms with van der Waals surface area (Å²) in [6.07, 6.45) is 2.42. The lowest BCUT2D eigenvalue weighted by molar-refractivity contribution is 0.463. The molecule has 1 aromatic rings. The van der Waals surface area contributed by atoms with Crippen LogP contribution in [-0.4, -0.2) is 9.78 Å². The Morgan fingerprint density at radius 2 is 1.65 bits per heavy atom. The molecule has 0 N–H and O–H groups in total. The van der Waals surface area contributed by atoms with Crippen LogP contribution in [0.2, 0.25) is 0 Å². The van der Waals surface area contributed by atoms with Crippen LogP contribution in [0, 0.1) is 0 Å². The van der Waals surface area contributed by atoms with Crippen molar-refractivity contribution in [2.24, 2.45) is 0 Å². The summed E-state index contributed by atoms with van der Waals surface area (Å²) in [4.78, 5) is 0. The summed E-state index contributed by atoms with van der Waals surface area (Å²) in [7, 11) is 0. The van der Waals surface area contributed by atoms with Gasteiger partial charge < -0.3 is 0 Å². The summed E-state index contributed by atoms with van der Waals surface area (Å²) in [5.74, 6) is 0. The van der Waals surface area contributed by atoms with Gasteiger partial charge in [-0.15, -0.1) is 0 Å². The third-order valence-corrected chi connectivity index (χ3v) is 3.04. The third-order valence-electron chi connectivity index (χ3n) is 3.04. The van der Waals surface area contributed by atoms with Gasteiger partial charge in [0.05, 0.1) is 5.69 Å². The second-order valence-electron chi connectivity index (χ2n) is 6.99. The second-order valence-corrected chi connectivity index (χ2v) is 6.99. The maximum absolute atomic E-state index is 4.80. The predicted octanol–water partition coefficient (Wildman–Crippen LogP) is 4.28. The fourth-order valence-electron chi connectivity index (χ4n) is 1.87. The van der Waals surface area contributed by atoms with E-state index in [1.54, 1.807) is 0 Å². The molecule has 0 amide bonds. The van der Waals surface area contributed by atoms with Crippen molar-refractivity contribution >= 4 is 0 Å². The first kappa shape index (κ1) is 14.3. The van der Waals surface area contributed by atoms with E-state index in [2.05, 4.69) is 59.2 Å². The number of unbranched alkanes of at least 4 members (excludes halogenated alkanes) is 1. The molecule has 0 aliphatic carbocycles. The van der Waals surface area contributed by atoms with Crippen molar-refractivity contribution in [2.45, 2.75) is 78.7 Å². The largest absolute Gasteiger partial charge is 0.269 e. The van der Waals surface area contributed by atoms with Crippen LogP contribution in [0.25, 0.3) is 0 Å². The summed E-state index contributed by atoms with van der Waals surface area (Å²) < 4.78 is 2.21. The Labute approximate surface area is 106 Å². The molecule has 2 heteroatoms. The van der Waals surface area contributed by atoms with E-state index >= 15 is 0 Å². The number of hydrogen-bond donors (Lipinski definition) is 0. The zero-order valence-electron chi connectivity index (χ0n) is 12.6. The topological polar surface area (TPSA) is 17.8 Å². The summed E-state index contributed by atoms with van der Waals surface area (Å²) in [5, 5.41) is 4.80. The lowest BCUT2D eigenvalue weighted by Crippen LogP contribution is -2.18. The molecule has 2 nitrogen and oxygen atoms in total. The average molecular weight is 236 g/mol. The van der Waals surface area contributed by atoms with Gasteiger partial charge in [0, 0.05) is 23.1 Å². The minimum absolute atomic E-state index is 0.136. The van der Waals surface area contributed by atoms with Gasteiger partial charge in [0.15, 0.2) is 0 Å². The van der Waals surface area contributed by atoms with Crippen LogP contribution in [0.15, 0.2) is 6.07 Å². The van der Waals surface area contributed by atoms with Crippen molar-refractivity contribution in [1.29, 1.82) is 0 Å². The fraction of sp³-hybridized carbons (Fsp3) is 0.800. The Bertz CT molecular complexity index is 361. The monoisotopic (exact) mass is 236 g/mol. The molecule has 0 spiro atoms. The van der Waals surface area contributed by atoms with Gasteiger partial charge in [0.25, 0.3) is 0 Å². The maximum atomic E-state index is 4.80. The molecular formula is C15H28N2. The van der Waals surface area contributed by atoms with Crippen LogP contribution in [0.4, 0.5) is 0 Å². The first-order valence-electron chi connectivity index (χ1n) is 6.75. The third kappa shape index (κ3) is 3.58. The standard InChI is InChI=1S/C15H28N2/c1-8-9-10-17-13(15(5,6)7)11-12(16-17)14(2,3)4/h11H,8-10H2,1-7H3. The van der Waals surface area contributed by atoms with E-state index in [-0.39, 0.29) is 10.8 Å². The highest BCUT2D eigenvalue weighted by Crippen LogP contribution is 2.28. The quantitative estimate of drug-likeness (QED) is 0.766. The van der Waals surface area contributed by atoms with Crippen molar-refractivity contribution in [1.82, 2.24) is 9.78 Å². The molecule has 0 fully saturated rings. The van der Waals surface area contributed by atoms with Crippen LogP contribution in [0.5, 0.6) is 0 Å². The lowest BCUT2D eigenvalue weighted by Gasteiger charge is -2.20. The zero-order valence-corrected chi connectivity index (χ0v) is 12.6. The second kappa shape index (κ2) is 4.83. The summed E-state index contributed by atoms with van der Waals surface area (Å²) in [6.45, 7) is 16.7. The Hall–Kier alpha value is -0.790. The Morgan fingerprint density at radius 1 is 1.06 bits per heavy atom. The summed E-state index contributed by atoms with van der Waals surface area (Å²) in [5.41, 5.74) is 2.87. The first-order valence-corrected chi connectivity index (χ1v) is 6.75. The van der Waals surface area contributed by atoms with E-state index in [9.17, 15) is 0 Å².